The molecule has 3 rings (SSSR count). The molecule has 0 saturated heterocycles. The first-order chi connectivity index (χ1) is 8.59. The van der Waals surface area contributed by atoms with Gasteiger partial charge < -0.3 is 20.5 Å². The summed E-state index contributed by atoms with van der Waals surface area (Å²) in [6, 6.07) is 0. The van der Waals surface area contributed by atoms with Crippen LogP contribution in [0.2, 0.25) is 0 Å². The molecule has 2 N–H and O–H groups in total. The number of aromatic nitrogens is 2. The molecule has 0 spiro atoms. The molecule has 8 heteroatoms. The van der Waals surface area contributed by atoms with Crippen molar-refractivity contribution in [1.29, 1.82) is 0 Å². The number of rotatable bonds is 4. The third kappa shape index (κ3) is 1.73. The third-order valence-electron chi connectivity index (χ3n) is 3.28. The zero-order chi connectivity index (χ0) is 12.8. The van der Waals surface area contributed by atoms with Crippen molar-refractivity contribution in [3.63, 3.8) is 0 Å². The maximum absolute atomic E-state index is 11.0. The van der Waals surface area contributed by atoms with Crippen molar-refractivity contribution < 1.29 is 10.0 Å². The first-order valence-corrected chi connectivity index (χ1v) is 6.53. The van der Waals surface area contributed by atoms with Gasteiger partial charge in [0.15, 0.2) is 0 Å². The molecule has 96 valence electrons. The number of hydrogen-bond donors (Lipinski definition) is 2. The summed E-state index contributed by atoms with van der Waals surface area (Å²) >= 11 is 1.34. The molecule has 2 heterocycles. The summed E-state index contributed by atoms with van der Waals surface area (Å²) in [5.74, 6) is 0.154. The highest BCUT2D eigenvalue weighted by Gasteiger charge is 2.35. The van der Waals surface area contributed by atoms with Crippen LogP contribution in [0.3, 0.4) is 0 Å². The molecule has 2 aromatic heterocycles. The van der Waals surface area contributed by atoms with E-state index in [1.54, 1.807) is 11.6 Å². The first-order valence-electron chi connectivity index (χ1n) is 5.65. The van der Waals surface area contributed by atoms with Crippen LogP contribution in [0.25, 0.3) is 4.96 Å². The Labute approximate surface area is 106 Å². The van der Waals surface area contributed by atoms with Gasteiger partial charge in [-0.2, -0.15) is 9.38 Å². The number of fused-ring (bicyclic) bond motifs is 1. The minimum atomic E-state index is -0.731. The van der Waals surface area contributed by atoms with E-state index >= 15 is 0 Å². The average Bonchev–Trinajstić information content (AvgIpc) is 2.82. The fraction of sp³-hybridized carbons (Fsp3) is 0.500. The van der Waals surface area contributed by atoms with Gasteiger partial charge in [0.25, 0.3) is 4.96 Å². The van der Waals surface area contributed by atoms with Crippen LogP contribution < -0.4 is 5.32 Å². The lowest BCUT2D eigenvalue weighted by atomic mass is 9.80. The number of hydrogen-bond acceptors (Lipinski definition) is 6. The van der Waals surface area contributed by atoms with Crippen LogP contribution in [0.5, 0.6) is 0 Å². The van der Waals surface area contributed by atoms with Crippen LogP contribution in [-0.4, -0.2) is 31.6 Å². The monoisotopic (exact) mass is 268 g/mol. The molecule has 0 radical (unpaired) electrons. The Morgan fingerprint density at radius 2 is 2.44 bits per heavy atom. The lowest BCUT2D eigenvalue weighted by molar-refractivity contribution is -0.389. The lowest BCUT2D eigenvalue weighted by Crippen LogP contribution is -2.43. The first kappa shape index (κ1) is 11.4. The summed E-state index contributed by atoms with van der Waals surface area (Å²) in [6.45, 7) is 0.304. The molecule has 0 unspecified atom stereocenters. The number of nitrogens with zero attached hydrogens (tertiary/aromatic N) is 3. The van der Waals surface area contributed by atoms with E-state index < -0.39 is 10.5 Å². The van der Waals surface area contributed by atoms with Gasteiger partial charge in [0, 0.05) is 11.9 Å². The second-order valence-electron chi connectivity index (χ2n) is 4.53. The van der Waals surface area contributed by atoms with Crippen molar-refractivity contribution in [1.82, 2.24) is 9.38 Å². The van der Waals surface area contributed by atoms with E-state index in [4.69, 9.17) is 0 Å². The van der Waals surface area contributed by atoms with Gasteiger partial charge in [-0.15, -0.1) is 0 Å². The smallest absolute Gasteiger partial charge is 0.372 e. The molecular weight excluding hydrogens is 256 g/mol. The number of aliphatic hydroxyl groups is 1. The van der Waals surface area contributed by atoms with Crippen molar-refractivity contribution in [3.05, 3.63) is 21.7 Å². The van der Waals surface area contributed by atoms with Crippen LogP contribution in [0, 0.1) is 10.1 Å². The molecule has 1 aliphatic rings. The standard InChI is InChI=1S/C10H12N4O3S/c15-10(2-1-3-10)6-11-7-8(14(16)17)13-4-5-18-9(13)12-7/h4-5,11,15H,1-3,6H2. The normalized spacial score (nSPS) is 17.6. The van der Waals surface area contributed by atoms with Gasteiger partial charge in [-0.3, -0.25) is 0 Å². The summed E-state index contributed by atoms with van der Waals surface area (Å²) < 4.78 is 1.44. The topological polar surface area (TPSA) is 92.7 Å². The third-order valence-corrected chi connectivity index (χ3v) is 4.04. The number of nitrogens with one attached hydrogen (secondary N) is 1. The van der Waals surface area contributed by atoms with E-state index in [-0.39, 0.29) is 11.6 Å². The molecule has 0 aliphatic heterocycles. The predicted octanol–water partition coefficient (Wildman–Crippen LogP) is 1.63. The van der Waals surface area contributed by atoms with Crippen molar-refractivity contribution in [2.45, 2.75) is 24.9 Å². The average molecular weight is 268 g/mol. The number of anilines is 1. The van der Waals surface area contributed by atoms with Crippen LogP contribution in [-0.2, 0) is 0 Å². The van der Waals surface area contributed by atoms with Crippen molar-refractivity contribution in [2.75, 3.05) is 11.9 Å². The molecule has 7 nitrogen and oxygen atoms in total. The summed E-state index contributed by atoms with van der Waals surface area (Å²) in [6.07, 6.45) is 4.08. The van der Waals surface area contributed by atoms with Gasteiger partial charge in [-0.05, 0) is 24.2 Å². The zero-order valence-corrected chi connectivity index (χ0v) is 10.3. The Hall–Kier alpha value is -1.67. The molecule has 1 saturated carbocycles. The Morgan fingerprint density at radius 1 is 1.67 bits per heavy atom. The zero-order valence-electron chi connectivity index (χ0n) is 9.50. The predicted molar refractivity (Wildman–Crippen MR) is 67.0 cm³/mol. The molecule has 0 amide bonds. The van der Waals surface area contributed by atoms with Gasteiger partial charge in [0.1, 0.15) is 6.20 Å². The van der Waals surface area contributed by atoms with Crippen molar-refractivity contribution in [3.8, 4) is 0 Å². The highest BCUT2D eigenvalue weighted by atomic mass is 32.1. The second kappa shape index (κ2) is 3.92. The number of nitro groups is 1. The maximum Gasteiger partial charge on any atom is 0.372 e. The van der Waals surface area contributed by atoms with Crippen LogP contribution in [0.4, 0.5) is 11.6 Å². The molecule has 0 bridgehead atoms. The number of imidazole rings is 1. The fourth-order valence-electron chi connectivity index (χ4n) is 2.08. The summed E-state index contributed by atoms with van der Waals surface area (Å²) in [5.41, 5.74) is -0.731. The van der Waals surface area contributed by atoms with Crippen molar-refractivity contribution in [2.24, 2.45) is 0 Å². The number of thiazole rings is 1. The molecule has 1 aliphatic carbocycles. The van der Waals surface area contributed by atoms with Gasteiger partial charge in [0.05, 0.1) is 5.60 Å². The van der Waals surface area contributed by atoms with E-state index in [1.807, 2.05) is 0 Å². The van der Waals surface area contributed by atoms with Gasteiger partial charge in [-0.1, -0.05) is 11.3 Å². The van der Waals surface area contributed by atoms with Crippen LogP contribution >= 0.6 is 11.3 Å². The SMILES string of the molecule is O=[N+]([O-])c1c(NCC2(O)CCC2)nc2sccn12. The largest absolute Gasteiger partial charge is 0.388 e. The molecule has 18 heavy (non-hydrogen) atoms. The molecule has 0 atom stereocenters. The van der Waals surface area contributed by atoms with E-state index in [0.29, 0.717) is 11.5 Å². The van der Waals surface area contributed by atoms with Gasteiger partial charge in [-0.25, -0.2) is 0 Å². The van der Waals surface area contributed by atoms with Gasteiger partial charge >= 0.3 is 5.82 Å². The van der Waals surface area contributed by atoms with Gasteiger partial charge in [0.2, 0.25) is 5.82 Å². The second-order valence-corrected chi connectivity index (χ2v) is 5.40. The maximum atomic E-state index is 11.0. The highest BCUT2D eigenvalue weighted by Crippen LogP contribution is 2.33. The Morgan fingerprint density at radius 3 is 3.06 bits per heavy atom. The summed E-state index contributed by atoms with van der Waals surface area (Å²) in [5, 5.41) is 25.7. The van der Waals surface area contributed by atoms with E-state index in [1.165, 1.54) is 15.7 Å². The van der Waals surface area contributed by atoms with E-state index in [2.05, 4.69) is 10.3 Å². The summed E-state index contributed by atoms with van der Waals surface area (Å²) in [7, 11) is 0. The van der Waals surface area contributed by atoms with E-state index in [9.17, 15) is 15.2 Å². The lowest BCUT2D eigenvalue weighted by Gasteiger charge is -2.36. The minimum Gasteiger partial charge on any atom is -0.388 e. The van der Waals surface area contributed by atoms with Crippen LogP contribution in [0.15, 0.2) is 11.6 Å². The Bertz CT molecular complexity index is 601. The molecule has 0 aromatic carbocycles. The molecule has 1 fully saturated rings. The van der Waals surface area contributed by atoms with Crippen molar-refractivity contribution >= 4 is 27.9 Å². The quantitative estimate of drug-likeness (QED) is 0.649. The summed E-state index contributed by atoms with van der Waals surface area (Å²) in [4.78, 5) is 15.3. The molecule has 2 aromatic rings. The molecular formula is C10H12N4O3S. The highest BCUT2D eigenvalue weighted by molar-refractivity contribution is 7.15. The van der Waals surface area contributed by atoms with Crippen LogP contribution in [0.1, 0.15) is 19.3 Å². The fourth-order valence-corrected chi connectivity index (χ4v) is 2.79. The van der Waals surface area contributed by atoms with E-state index in [0.717, 1.165) is 19.3 Å². The Kier molecular flexibility index (Phi) is 2.49. The Balaban J connectivity index is 1.88. The minimum absolute atomic E-state index is 0.0748.